The number of carbonyl (C=O) groups is 2. The van der Waals surface area contributed by atoms with Crippen molar-refractivity contribution in [2.45, 2.75) is 39.2 Å². The summed E-state index contributed by atoms with van der Waals surface area (Å²) in [5.41, 5.74) is 1.84. The van der Waals surface area contributed by atoms with Gasteiger partial charge in [-0.25, -0.2) is 4.79 Å². The van der Waals surface area contributed by atoms with Crippen LogP contribution in [-0.4, -0.2) is 46.6 Å². The number of unbranched alkanes of at least 4 members (excludes halogenated alkanes) is 1. The molecule has 4 rings (SSSR count). The molecule has 2 heterocycles. The number of likely N-dealkylation sites (tertiary alicyclic amines) is 1. The van der Waals surface area contributed by atoms with Gasteiger partial charge in [-0.3, -0.25) is 9.69 Å². The molecule has 0 saturated carbocycles. The zero-order valence-electron chi connectivity index (χ0n) is 19.7. The maximum Gasteiger partial charge on any atom is 0.338 e. The molecule has 184 valence electrons. The second-order valence-corrected chi connectivity index (χ2v) is 9.03. The summed E-state index contributed by atoms with van der Waals surface area (Å²) in [7, 11) is 0. The highest BCUT2D eigenvalue weighted by Gasteiger charge is 2.27. The first-order valence-electron chi connectivity index (χ1n) is 11.9. The van der Waals surface area contributed by atoms with Crippen LogP contribution in [0.5, 0.6) is 0 Å². The molecule has 0 radical (unpaired) electrons. The Morgan fingerprint density at radius 1 is 1.20 bits per heavy atom. The molecule has 35 heavy (non-hydrogen) atoms. The number of nitrogens with zero attached hydrogens (tertiary/aromatic N) is 3. The Morgan fingerprint density at radius 3 is 2.77 bits per heavy atom. The van der Waals surface area contributed by atoms with Crippen LogP contribution in [0.3, 0.4) is 0 Å². The lowest BCUT2D eigenvalue weighted by molar-refractivity contribution is -0.121. The molecule has 1 aromatic heterocycles. The number of carbonyl (C=O) groups excluding carboxylic acids is 2. The van der Waals surface area contributed by atoms with E-state index in [9.17, 15) is 9.59 Å². The van der Waals surface area contributed by atoms with Crippen LogP contribution in [0.1, 0.15) is 48.9 Å². The van der Waals surface area contributed by atoms with Gasteiger partial charge in [0, 0.05) is 17.8 Å². The molecule has 3 aromatic rings. The van der Waals surface area contributed by atoms with Crippen LogP contribution in [0.15, 0.2) is 53.1 Å². The van der Waals surface area contributed by atoms with Gasteiger partial charge in [0.15, 0.2) is 0 Å². The van der Waals surface area contributed by atoms with E-state index < -0.39 is 0 Å². The van der Waals surface area contributed by atoms with Crippen molar-refractivity contribution in [3.63, 3.8) is 0 Å². The molecule has 1 atom stereocenters. The highest BCUT2D eigenvalue weighted by molar-refractivity contribution is 6.33. The van der Waals surface area contributed by atoms with Crippen LogP contribution in [0, 0.1) is 5.92 Å². The molecule has 1 N–H and O–H groups in total. The van der Waals surface area contributed by atoms with Gasteiger partial charge in [0.2, 0.25) is 17.6 Å². The zero-order valence-corrected chi connectivity index (χ0v) is 20.5. The van der Waals surface area contributed by atoms with Crippen molar-refractivity contribution in [3.05, 3.63) is 65.0 Å². The van der Waals surface area contributed by atoms with Crippen LogP contribution >= 0.6 is 11.6 Å². The van der Waals surface area contributed by atoms with Crippen molar-refractivity contribution >= 4 is 29.2 Å². The summed E-state index contributed by atoms with van der Waals surface area (Å²) in [5.74, 6) is 0.388. The Labute approximate surface area is 209 Å². The van der Waals surface area contributed by atoms with Gasteiger partial charge in [0.05, 0.1) is 29.7 Å². The summed E-state index contributed by atoms with van der Waals surface area (Å²) in [4.78, 5) is 31.6. The molecule has 9 heteroatoms. The highest BCUT2D eigenvalue weighted by Crippen LogP contribution is 2.26. The number of piperidine rings is 1. The first-order valence-corrected chi connectivity index (χ1v) is 12.3. The Kier molecular flexibility index (Phi) is 8.50. The fourth-order valence-electron chi connectivity index (χ4n) is 4.00. The monoisotopic (exact) mass is 496 g/mol. The topological polar surface area (TPSA) is 97.6 Å². The first-order chi connectivity index (χ1) is 17.0. The highest BCUT2D eigenvalue weighted by atomic mass is 35.5. The van der Waals surface area contributed by atoms with E-state index in [4.69, 9.17) is 20.9 Å². The van der Waals surface area contributed by atoms with E-state index in [2.05, 4.69) is 20.4 Å². The standard InChI is InChI=1S/C26H29ClN4O4/c1-2-3-15-34-26(33)18-10-12-20(13-11-18)28-25(32)19-7-6-14-31(16-19)17-23-29-24(30-35-23)21-8-4-5-9-22(21)27/h4-5,8-13,19H,2-3,6-7,14-17H2,1H3,(H,28,32). The van der Waals surface area contributed by atoms with E-state index >= 15 is 0 Å². The van der Waals surface area contributed by atoms with Gasteiger partial charge in [0.1, 0.15) is 0 Å². The summed E-state index contributed by atoms with van der Waals surface area (Å²) >= 11 is 6.23. The van der Waals surface area contributed by atoms with E-state index in [0.29, 0.717) is 47.7 Å². The second-order valence-electron chi connectivity index (χ2n) is 8.62. The third-order valence-electron chi connectivity index (χ3n) is 5.94. The van der Waals surface area contributed by atoms with E-state index in [1.54, 1.807) is 30.3 Å². The minimum absolute atomic E-state index is 0.0461. The number of hydrogen-bond donors (Lipinski definition) is 1. The van der Waals surface area contributed by atoms with E-state index in [0.717, 1.165) is 37.8 Å². The number of benzene rings is 2. The van der Waals surface area contributed by atoms with Crippen LogP contribution < -0.4 is 5.32 Å². The molecule has 1 saturated heterocycles. The number of rotatable bonds is 9. The molecule has 1 amide bonds. The summed E-state index contributed by atoms with van der Waals surface area (Å²) in [6.45, 7) is 4.37. The van der Waals surface area contributed by atoms with E-state index in [-0.39, 0.29) is 17.8 Å². The smallest absolute Gasteiger partial charge is 0.338 e. The Bertz CT molecular complexity index is 1150. The summed E-state index contributed by atoms with van der Waals surface area (Å²) in [5, 5.41) is 7.58. The van der Waals surface area contributed by atoms with Crippen molar-refractivity contribution in [2.24, 2.45) is 5.92 Å². The number of anilines is 1. The van der Waals surface area contributed by atoms with Gasteiger partial charge in [-0.2, -0.15) is 4.98 Å². The average molecular weight is 497 g/mol. The average Bonchev–Trinajstić information content (AvgIpc) is 3.33. The zero-order chi connectivity index (χ0) is 24.6. The minimum atomic E-state index is -0.349. The molecule has 0 aliphatic carbocycles. The van der Waals surface area contributed by atoms with Crippen LogP contribution in [-0.2, 0) is 16.1 Å². The molecule has 8 nitrogen and oxygen atoms in total. The second kappa shape index (κ2) is 12.0. The third-order valence-corrected chi connectivity index (χ3v) is 6.27. The number of amides is 1. The fourth-order valence-corrected chi connectivity index (χ4v) is 4.22. The van der Waals surface area contributed by atoms with Gasteiger partial charge < -0.3 is 14.6 Å². The third kappa shape index (κ3) is 6.68. The first kappa shape index (κ1) is 24.9. The lowest BCUT2D eigenvalue weighted by Gasteiger charge is -2.30. The number of aromatic nitrogens is 2. The van der Waals surface area contributed by atoms with Crippen molar-refractivity contribution in [3.8, 4) is 11.4 Å². The molecule has 1 aliphatic heterocycles. The molecule has 0 bridgehead atoms. The van der Waals surface area contributed by atoms with E-state index in [1.165, 1.54) is 0 Å². The van der Waals surface area contributed by atoms with Crippen LogP contribution in [0.4, 0.5) is 5.69 Å². The lowest BCUT2D eigenvalue weighted by atomic mass is 9.97. The molecule has 1 unspecified atom stereocenters. The SMILES string of the molecule is CCCCOC(=O)c1ccc(NC(=O)C2CCCN(Cc3nc(-c4ccccc4Cl)no3)C2)cc1. The summed E-state index contributed by atoms with van der Waals surface area (Å²) < 4.78 is 10.7. The van der Waals surface area contributed by atoms with Crippen molar-refractivity contribution in [1.82, 2.24) is 15.0 Å². The predicted octanol–water partition coefficient (Wildman–Crippen LogP) is 5.20. The van der Waals surface area contributed by atoms with Gasteiger partial charge >= 0.3 is 5.97 Å². The Morgan fingerprint density at radius 2 is 2.00 bits per heavy atom. The predicted molar refractivity (Wildman–Crippen MR) is 133 cm³/mol. The summed E-state index contributed by atoms with van der Waals surface area (Å²) in [6.07, 6.45) is 3.51. The number of halogens is 1. The quantitative estimate of drug-likeness (QED) is 0.321. The molecule has 0 spiro atoms. The lowest BCUT2D eigenvalue weighted by Crippen LogP contribution is -2.40. The van der Waals surface area contributed by atoms with Gasteiger partial charge in [-0.05, 0) is 62.2 Å². The minimum Gasteiger partial charge on any atom is -0.462 e. The van der Waals surface area contributed by atoms with Crippen molar-refractivity contribution < 1.29 is 18.8 Å². The molecule has 1 aliphatic rings. The normalized spacial score (nSPS) is 16.1. The van der Waals surface area contributed by atoms with E-state index in [1.807, 2.05) is 25.1 Å². The van der Waals surface area contributed by atoms with Gasteiger partial charge in [0.25, 0.3) is 0 Å². The molecular weight excluding hydrogens is 468 g/mol. The Hall–Kier alpha value is -3.23. The van der Waals surface area contributed by atoms with Crippen LogP contribution in [0.2, 0.25) is 5.02 Å². The fraction of sp³-hybridized carbons (Fsp3) is 0.385. The van der Waals surface area contributed by atoms with Crippen molar-refractivity contribution in [1.29, 1.82) is 0 Å². The molecule has 2 aromatic carbocycles. The molecular formula is C26H29ClN4O4. The number of hydrogen-bond acceptors (Lipinski definition) is 7. The van der Waals surface area contributed by atoms with Gasteiger partial charge in [-0.15, -0.1) is 0 Å². The number of nitrogens with one attached hydrogen (secondary N) is 1. The summed E-state index contributed by atoms with van der Waals surface area (Å²) in [6, 6.07) is 14.1. The van der Waals surface area contributed by atoms with Crippen molar-refractivity contribution in [2.75, 3.05) is 25.0 Å². The maximum absolute atomic E-state index is 12.9. The Balaban J connectivity index is 1.30. The number of esters is 1. The van der Waals surface area contributed by atoms with Crippen LogP contribution in [0.25, 0.3) is 11.4 Å². The largest absolute Gasteiger partial charge is 0.462 e. The number of ether oxygens (including phenoxy) is 1. The van der Waals surface area contributed by atoms with Gasteiger partial charge in [-0.1, -0.05) is 42.2 Å². The molecule has 1 fully saturated rings. The maximum atomic E-state index is 12.9.